The van der Waals surface area contributed by atoms with Crippen LogP contribution in [0.5, 0.6) is 11.5 Å². The molecule has 162 valence electrons. The van der Waals surface area contributed by atoms with E-state index in [4.69, 9.17) is 33.3 Å². The normalized spacial score (nSPS) is 14.9. The molecule has 1 aliphatic rings. The third-order valence-electron chi connectivity index (χ3n) is 4.64. The van der Waals surface area contributed by atoms with Crippen LogP contribution in [0.2, 0.25) is 5.02 Å². The Morgan fingerprint density at radius 3 is 2.61 bits per heavy atom. The quantitative estimate of drug-likeness (QED) is 0.244. The van der Waals surface area contributed by atoms with Gasteiger partial charge in [-0.2, -0.15) is 0 Å². The van der Waals surface area contributed by atoms with Crippen LogP contribution in [-0.2, 0) is 17.8 Å². The molecule has 0 unspecified atom stereocenters. The van der Waals surface area contributed by atoms with Gasteiger partial charge in [-0.15, -0.1) is 6.58 Å². The van der Waals surface area contributed by atoms with Crippen LogP contribution in [-0.4, -0.2) is 28.3 Å². The zero-order valence-electron chi connectivity index (χ0n) is 17.5. The molecule has 1 amide bonds. The lowest BCUT2D eigenvalue weighted by atomic mass is 10.0. The number of benzene rings is 2. The van der Waals surface area contributed by atoms with E-state index in [0.29, 0.717) is 51.9 Å². The Balaban J connectivity index is 1.97. The summed E-state index contributed by atoms with van der Waals surface area (Å²) in [6.07, 6.45) is 4.26. The zero-order chi connectivity index (χ0) is 22.4. The predicted molar refractivity (Wildman–Crippen MR) is 133 cm³/mol. The average Bonchev–Trinajstić information content (AvgIpc) is 3.01. The van der Waals surface area contributed by atoms with Gasteiger partial charge < -0.3 is 9.47 Å². The fourth-order valence-corrected chi connectivity index (χ4v) is 4.76. The number of hydrogen-bond acceptors (Lipinski definition) is 5. The van der Waals surface area contributed by atoms with Crippen molar-refractivity contribution >= 4 is 51.9 Å². The van der Waals surface area contributed by atoms with Crippen LogP contribution in [0.15, 0.2) is 54.0 Å². The van der Waals surface area contributed by atoms with Crippen LogP contribution in [0, 0.1) is 0 Å². The number of amides is 1. The van der Waals surface area contributed by atoms with E-state index in [1.54, 1.807) is 4.90 Å². The number of rotatable bonds is 9. The number of nitrogens with zero attached hydrogens (tertiary/aromatic N) is 1. The molecule has 1 heterocycles. The van der Waals surface area contributed by atoms with E-state index in [1.807, 2.05) is 62.4 Å². The van der Waals surface area contributed by atoms with E-state index in [9.17, 15) is 4.79 Å². The van der Waals surface area contributed by atoms with Crippen LogP contribution in [0.4, 0.5) is 0 Å². The van der Waals surface area contributed by atoms with Gasteiger partial charge in [-0.05, 0) is 50.1 Å². The maximum Gasteiger partial charge on any atom is 0.266 e. The van der Waals surface area contributed by atoms with Crippen molar-refractivity contribution in [3.05, 3.63) is 75.7 Å². The lowest BCUT2D eigenvalue weighted by Crippen LogP contribution is -2.27. The molecule has 0 N–H and O–H groups in total. The van der Waals surface area contributed by atoms with Crippen LogP contribution in [0.25, 0.3) is 6.08 Å². The molecular formula is C24H24ClNO3S2. The first-order chi connectivity index (χ1) is 15.0. The summed E-state index contributed by atoms with van der Waals surface area (Å²) >= 11 is 12.9. The van der Waals surface area contributed by atoms with Crippen molar-refractivity contribution in [1.82, 2.24) is 4.90 Å². The van der Waals surface area contributed by atoms with Gasteiger partial charge in [-0.1, -0.05) is 59.9 Å². The largest absolute Gasteiger partial charge is 0.490 e. The number of ether oxygens (including phenoxy) is 2. The van der Waals surface area contributed by atoms with Gasteiger partial charge >= 0.3 is 0 Å². The Morgan fingerprint density at radius 1 is 1.19 bits per heavy atom. The van der Waals surface area contributed by atoms with Gasteiger partial charge in [-0.3, -0.25) is 9.69 Å². The number of carbonyl (C=O) groups excluding carboxylic acids is 1. The first-order valence-electron chi connectivity index (χ1n) is 10.0. The van der Waals surface area contributed by atoms with E-state index in [1.165, 1.54) is 11.8 Å². The smallest absolute Gasteiger partial charge is 0.266 e. The summed E-state index contributed by atoms with van der Waals surface area (Å²) in [5.74, 6) is 1.20. The molecule has 0 bridgehead atoms. The van der Waals surface area contributed by atoms with E-state index in [0.717, 1.165) is 16.7 Å². The van der Waals surface area contributed by atoms with Crippen molar-refractivity contribution in [2.75, 3.05) is 13.2 Å². The molecule has 0 aliphatic carbocycles. The Morgan fingerprint density at radius 2 is 1.97 bits per heavy atom. The van der Waals surface area contributed by atoms with Gasteiger partial charge in [0.2, 0.25) is 0 Å². The second-order valence-corrected chi connectivity index (χ2v) is 8.82. The second kappa shape index (κ2) is 10.8. The molecule has 2 aromatic carbocycles. The summed E-state index contributed by atoms with van der Waals surface area (Å²) in [5, 5.41) is 0.653. The Labute approximate surface area is 197 Å². The lowest BCUT2D eigenvalue weighted by Gasteiger charge is -2.17. The third-order valence-corrected chi connectivity index (χ3v) is 6.38. The van der Waals surface area contributed by atoms with E-state index in [-0.39, 0.29) is 5.91 Å². The zero-order valence-corrected chi connectivity index (χ0v) is 19.9. The highest BCUT2D eigenvalue weighted by molar-refractivity contribution is 8.26. The lowest BCUT2D eigenvalue weighted by molar-refractivity contribution is -0.121. The van der Waals surface area contributed by atoms with Crippen molar-refractivity contribution in [1.29, 1.82) is 0 Å². The van der Waals surface area contributed by atoms with Crippen LogP contribution in [0.3, 0.4) is 0 Å². The number of hydrogen-bond donors (Lipinski definition) is 0. The predicted octanol–water partition coefficient (Wildman–Crippen LogP) is 6.27. The summed E-state index contributed by atoms with van der Waals surface area (Å²) in [7, 11) is 0. The maximum absolute atomic E-state index is 12.6. The van der Waals surface area contributed by atoms with Crippen LogP contribution < -0.4 is 9.47 Å². The minimum atomic E-state index is -0.0697. The van der Waals surface area contributed by atoms with Gasteiger partial charge in [0.25, 0.3) is 5.91 Å². The Hall–Kier alpha value is -2.28. The monoisotopic (exact) mass is 473 g/mol. The number of allylic oxidation sites excluding steroid dienone is 1. The van der Waals surface area contributed by atoms with Crippen molar-refractivity contribution in [2.24, 2.45) is 0 Å². The SMILES string of the molecule is C=CCc1cc(/C=C2\SC(=S)N(CC)C2=O)cc(OCC)c1OCc1ccccc1Cl. The molecule has 0 radical (unpaired) electrons. The van der Waals surface area contributed by atoms with Crippen molar-refractivity contribution in [3.63, 3.8) is 0 Å². The number of carbonyl (C=O) groups is 1. The highest BCUT2D eigenvalue weighted by Gasteiger charge is 2.30. The fraction of sp³-hybridized carbons (Fsp3) is 0.250. The van der Waals surface area contributed by atoms with E-state index >= 15 is 0 Å². The number of thiocarbonyl (C=S) groups is 1. The van der Waals surface area contributed by atoms with Gasteiger partial charge in [0.05, 0.1) is 11.5 Å². The van der Waals surface area contributed by atoms with E-state index < -0.39 is 0 Å². The molecule has 31 heavy (non-hydrogen) atoms. The number of halogens is 1. The van der Waals surface area contributed by atoms with Gasteiger partial charge in [0.15, 0.2) is 11.5 Å². The average molecular weight is 474 g/mol. The highest BCUT2D eigenvalue weighted by Crippen LogP contribution is 2.38. The second-order valence-electron chi connectivity index (χ2n) is 6.74. The Kier molecular flexibility index (Phi) is 8.18. The molecule has 0 aromatic heterocycles. The van der Waals surface area contributed by atoms with Gasteiger partial charge in [-0.25, -0.2) is 0 Å². The van der Waals surface area contributed by atoms with Gasteiger partial charge in [0, 0.05) is 22.7 Å². The molecule has 7 heteroatoms. The molecule has 2 aromatic rings. The summed E-state index contributed by atoms with van der Waals surface area (Å²) in [5.41, 5.74) is 2.66. The first kappa shape index (κ1) is 23.4. The molecule has 3 rings (SSSR count). The summed E-state index contributed by atoms with van der Waals surface area (Å²) in [6, 6.07) is 11.5. The third kappa shape index (κ3) is 5.50. The van der Waals surface area contributed by atoms with Crippen LogP contribution >= 0.6 is 35.6 Å². The number of thioether (sulfide) groups is 1. The molecule has 1 fully saturated rings. The molecular weight excluding hydrogens is 450 g/mol. The molecule has 0 atom stereocenters. The molecule has 1 aliphatic heterocycles. The van der Waals surface area contributed by atoms with Crippen LogP contribution in [0.1, 0.15) is 30.5 Å². The molecule has 0 saturated carbocycles. The Bertz CT molecular complexity index is 1040. The standard InChI is InChI=1S/C24H24ClNO3S2/c1-4-9-17-12-16(14-21-23(27)26(5-2)24(30)31-21)13-20(28-6-3)22(17)29-15-18-10-7-8-11-19(18)25/h4,7-8,10-14H,1,5-6,9,15H2,2-3H3/b21-14-. The topological polar surface area (TPSA) is 38.8 Å². The van der Waals surface area contributed by atoms with Crippen molar-refractivity contribution < 1.29 is 14.3 Å². The van der Waals surface area contributed by atoms with Crippen molar-refractivity contribution in [2.45, 2.75) is 26.9 Å². The minimum Gasteiger partial charge on any atom is -0.490 e. The minimum absolute atomic E-state index is 0.0697. The summed E-state index contributed by atoms with van der Waals surface area (Å²) < 4.78 is 12.6. The molecule has 4 nitrogen and oxygen atoms in total. The van der Waals surface area contributed by atoms with Gasteiger partial charge in [0.1, 0.15) is 10.9 Å². The molecule has 0 spiro atoms. The van der Waals surface area contributed by atoms with Crippen molar-refractivity contribution in [3.8, 4) is 11.5 Å². The highest BCUT2D eigenvalue weighted by atomic mass is 35.5. The fourth-order valence-electron chi connectivity index (χ4n) is 3.19. The molecule has 1 saturated heterocycles. The maximum atomic E-state index is 12.6. The number of likely N-dealkylation sites (N-methyl/N-ethyl adjacent to an activating group) is 1. The first-order valence-corrected chi connectivity index (χ1v) is 11.6. The summed E-state index contributed by atoms with van der Waals surface area (Å²) in [6.45, 7) is 9.06. The summed E-state index contributed by atoms with van der Waals surface area (Å²) in [4.78, 5) is 14.8. The van der Waals surface area contributed by atoms with E-state index in [2.05, 4.69) is 6.58 Å².